The van der Waals surface area contributed by atoms with Gasteiger partial charge < -0.3 is 4.74 Å². The summed E-state index contributed by atoms with van der Waals surface area (Å²) in [6.45, 7) is 2.71. The molecule has 1 aromatic carbocycles. The fourth-order valence-electron chi connectivity index (χ4n) is 1.95. The molecule has 22 heavy (non-hydrogen) atoms. The van der Waals surface area contributed by atoms with Crippen LogP contribution in [0.15, 0.2) is 48.8 Å². The molecular weight excluding hydrogens is 274 g/mol. The Balaban J connectivity index is 1.86. The summed E-state index contributed by atoms with van der Waals surface area (Å²) in [5.74, 6) is 1.31. The average molecular weight is 293 g/mol. The molecular formula is C18H19N3O. The summed E-state index contributed by atoms with van der Waals surface area (Å²) >= 11 is 0. The molecule has 0 fully saturated rings. The lowest BCUT2D eigenvalue weighted by molar-refractivity contribution is 0.305. The van der Waals surface area contributed by atoms with Gasteiger partial charge in [-0.25, -0.2) is 9.97 Å². The lowest BCUT2D eigenvalue weighted by Crippen LogP contribution is -1.99. The topological polar surface area (TPSA) is 58.8 Å². The summed E-state index contributed by atoms with van der Waals surface area (Å²) in [5, 5.41) is 8.78. The van der Waals surface area contributed by atoms with Gasteiger partial charge in [0.15, 0.2) is 11.6 Å². The highest BCUT2D eigenvalue weighted by molar-refractivity contribution is 5.56. The van der Waals surface area contributed by atoms with Crippen molar-refractivity contribution >= 4 is 0 Å². The molecule has 0 unspecified atom stereocenters. The number of rotatable bonds is 7. The molecule has 0 bridgehead atoms. The molecule has 2 rings (SSSR count). The quantitative estimate of drug-likeness (QED) is 0.568. The molecule has 0 radical (unpaired) electrons. The highest BCUT2D eigenvalue weighted by Crippen LogP contribution is 2.17. The van der Waals surface area contributed by atoms with Gasteiger partial charge in [-0.15, -0.1) is 0 Å². The minimum atomic E-state index is 0.627. The van der Waals surface area contributed by atoms with Gasteiger partial charge in [0.05, 0.1) is 30.6 Å². The molecule has 0 aliphatic heterocycles. The first-order chi connectivity index (χ1) is 10.8. The van der Waals surface area contributed by atoms with Crippen molar-refractivity contribution in [2.45, 2.75) is 26.2 Å². The van der Waals surface area contributed by atoms with E-state index in [9.17, 15) is 0 Å². The van der Waals surface area contributed by atoms with Gasteiger partial charge in [-0.1, -0.05) is 12.2 Å². The minimum absolute atomic E-state index is 0.627. The van der Waals surface area contributed by atoms with Crippen LogP contribution in [0.3, 0.4) is 0 Å². The molecule has 0 aliphatic carbocycles. The summed E-state index contributed by atoms with van der Waals surface area (Å²) in [6.07, 6.45) is 10.8. The minimum Gasteiger partial charge on any atom is -0.490 e. The Labute approximate surface area is 131 Å². The molecule has 1 heterocycles. The molecule has 0 amide bonds. The van der Waals surface area contributed by atoms with E-state index >= 15 is 0 Å². The van der Waals surface area contributed by atoms with Crippen LogP contribution in [0.2, 0.25) is 0 Å². The van der Waals surface area contributed by atoms with Gasteiger partial charge in [-0.2, -0.15) is 5.26 Å². The normalized spacial score (nSPS) is 10.5. The number of benzene rings is 1. The highest BCUT2D eigenvalue weighted by atomic mass is 16.5. The number of allylic oxidation sites excluding steroid dienone is 2. The van der Waals surface area contributed by atoms with Crippen molar-refractivity contribution in [1.82, 2.24) is 9.97 Å². The van der Waals surface area contributed by atoms with Crippen molar-refractivity contribution in [3.05, 3.63) is 54.4 Å². The number of nitrogens with zero attached hydrogens (tertiary/aromatic N) is 3. The molecule has 0 N–H and O–H groups in total. The second-order valence-corrected chi connectivity index (χ2v) is 4.84. The Hall–Kier alpha value is -2.67. The van der Waals surface area contributed by atoms with Crippen LogP contribution in [0.25, 0.3) is 11.4 Å². The summed E-state index contributed by atoms with van der Waals surface area (Å²) in [4.78, 5) is 8.61. The third-order valence-corrected chi connectivity index (χ3v) is 3.17. The summed E-state index contributed by atoms with van der Waals surface area (Å²) in [7, 11) is 0. The molecule has 1 aromatic heterocycles. The molecule has 4 heteroatoms. The molecule has 0 atom stereocenters. The fourth-order valence-corrected chi connectivity index (χ4v) is 1.95. The van der Waals surface area contributed by atoms with E-state index in [2.05, 4.69) is 28.2 Å². The van der Waals surface area contributed by atoms with E-state index in [1.54, 1.807) is 24.5 Å². The van der Waals surface area contributed by atoms with Crippen molar-refractivity contribution in [2.75, 3.05) is 6.61 Å². The molecule has 112 valence electrons. The van der Waals surface area contributed by atoms with E-state index in [1.165, 1.54) is 0 Å². The molecule has 2 aromatic rings. The Morgan fingerprint density at radius 1 is 1.14 bits per heavy atom. The van der Waals surface area contributed by atoms with Crippen LogP contribution >= 0.6 is 0 Å². The zero-order chi connectivity index (χ0) is 15.6. The summed E-state index contributed by atoms with van der Waals surface area (Å²) in [6, 6.07) is 9.29. The van der Waals surface area contributed by atoms with Crippen LogP contribution in [0.4, 0.5) is 0 Å². The number of unbranched alkanes of at least 4 members (excludes halogenated alkanes) is 2. The zero-order valence-electron chi connectivity index (χ0n) is 12.7. The van der Waals surface area contributed by atoms with Gasteiger partial charge in [0, 0.05) is 5.56 Å². The standard InChI is InChI=1S/C18H19N3O/c1-2-3-4-5-6-11-22-17-13-20-18(21-14-17)16-9-7-15(12-19)8-10-16/h2-3,7-10,13-14H,4-6,11H2,1H3/b3-2-. The SMILES string of the molecule is C/C=C\CCCCOc1cnc(-c2ccc(C#N)cc2)nc1. The van der Waals surface area contributed by atoms with E-state index in [1.807, 2.05) is 19.1 Å². The molecule has 0 aliphatic rings. The first-order valence-electron chi connectivity index (χ1n) is 7.40. The number of nitriles is 1. The van der Waals surface area contributed by atoms with E-state index in [-0.39, 0.29) is 0 Å². The second kappa shape index (κ2) is 8.58. The van der Waals surface area contributed by atoms with E-state index < -0.39 is 0 Å². The Bertz CT molecular complexity index is 640. The van der Waals surface area contributed by atoms with Crippen LogP contribution in [0.1, 0.15) is 31.7 Å². The zero-order valence-corrected chi connectivity index (χ0v) is 12.7. The second-order valence-electron chi connectivity index (χ2n) is 4.84. The van der Waals surface area contributed by atoms with Crippen LogP contribution in [-0.4, -0.2) is 16.6 Å². The maximum atomic E-state index is 8.78. The Morgan fingerprint density at radius 3 is 2.50 bits per heavy atom. The first-order valence-corrected chi connectivity index (χ1v) is 7.40. The van der Waals surface area contributed by atoms with Crippen molar-refractivity contribution in [3.8, 4) is 23.2 Å². The average Bonchev–Trinajstić information content (AvgIpc) is 2.59. The maximum Gasteiger partial charge on any atom is 0.159 e. The van der Waals surface area contributed by atoms with Gasteiger partial charge in [-0.05, 0) is 50.5 Å². The predicted octanol–water partition coefficient (Wildman–Crippen LogP) is 4.14. The Kier molecular flexibility index (Phi) is 6.13. The number of hydrogen-bond donors (Lipinski definition) is 0. The predicted molar refractivity (Wildman–Crippen MR) is 86.3 cm³/mol. The fraction of sp³-hybridized carbons (Fsp3) is 0.278. The Morgan fingerprint density at radius 2 is 1.86 bits per heavy atom. The van der Waals surface area contributed by atoms with Gasteiger partial charge in [0.25, 0.3) is 0 Å². The molecule has 4 nitrogen and oxygen atoms in total. The van der Waals surface area contributed by atoms with Crippen LogP contribution in [0, 0.1) is 11.3 Å². The van der Waals surface area contributed by atoms with Crippen molar-refractivity contribution in [3.63, 3.8) is 0 Å². The van der Waals surface area contributed by atoms with Crippen LogP contribution in [-0.2, 0) is 0 Å². The van der Waals surface area contributed by atoms with Crippen LogP contribution in [0.5, 0.6) is 5.75 Å². The highest BCUT2D eigenvalue weighted by Gasteiger charge is 2.02. The van der Waals surface area contributed by atoms with Crippen molar-refractivity contribution in [2.24, 2.45) is 0 Å². The van der Waals surface area contributed by atoms with Crippen molar-refractivity contribution in [1.29, 1.82) is 5.26 Å². The van der Waals surface area contributed by atoms with E-state index in [4.69, 9.17) is 10.00 Å². The number of ether oxygens (including phenoxy) is 1. The first kappa shape index (κ1) is 15.7. The summed E-state index contributed by atoms with van der Waals surface area (Å²) < 4.78 is 5.62. The van der Waals surface area contributed by atoms with Gasteiger partial charge >= 0.3 is 0 Å². The largest absolute Gasteiger partial charge is 0.490 e. The van der Waals surface area contributed by atoms with Gasteiger partial charge in [0.2, 0.25) is 0 Å². The number of aromatic nitrogens is 2. The monoisotopic (exact) mass is 293 g/mol. The van der Waals surface area contributed by atoms with Gasteiger partial charge in [0.1, 0.15) is 0 Å². The lowest BCUT2D eigenvalue weighted by Gasteiger charge is -2.05. The molecule has 0 saturated heterocycles. The van der Waals surface area contributed by atoms with E-state index in [0.29, 0.717) is 23.7 Å². The lowest BCUT2D eigenvalue weighted by atomic mass is 10.1. The van der Waals surface area contributed by atoms with Gasteiger partial charge in [-0.3, -0.25) is 0 Å². The molecule has 0 saturated carbocycles. The summed E-state index contributed by atoms with van der Waals surface area (Å²) in [5.41, 5.74) is 1.51. The van der Waals surface area contributed by atoms with Crippen molar-refractivity contribution < 1.29 is 4.74 Å². The number of hydrogen-bond acceptors (Lipinski definition) is 4. The van der Waals surface area contributed by atoms with Crippen LogP contribution < -0.4 is 4.74 Å². The smallest absolute Gasteiger partial charge is 0.159 e. The molecule has 0 spiro atoms. The van der Waals surface area contributed by atoms with E-state index in [0.717, 1.165) is 24.8 Å². The maximum absolute atomic E-state index is 8.78. The third-order valence-electron chi connectivity index (χ3n) is 3.17. The third kappa shape index (κ3) is 4.71.